The van der Waals surface area contributed by atoms with E-state index >= 15 is 0 Å². The minimum absolute atomic E-state index is 0.167. The predicted octanol–water partition coefficient (Wildman–Crippen LogP) is 4.97. The molecule has 0 amide bonds. The largest absolute Gasteiger partial charge is 0.444 e. The van der Waals surface area contributed by atoms with Gasteiger partial charge in [0.15, 0.2) is 0 Å². The van der Waals surface area contributed by atoms with Gasteiger partial charge in [-0.25, -0.2) is 14.4 Å². The third-order valence-electron chi connectivity index (χ3n) is 4.62. The van der Waals surface area contributed by atoms with Crippen molar-refractivity contribution in [1.82, 2.24) is 14.5 Å². The highest BCUT2D eigenvalue weighted by molar-refractivity contribution is 7.17. The first-order valence-corrected chi connectivity index (χ1v) is 9.79. The van der Waals surface area contributed by atoms with Crippen LogP contribution in [-0.4, -0.2) is 14.5 Å². The summed E-state index contributed by atoms with van der Waals surface area (Å²) in [5, 5.41) is 2.40. The molecule has 29 heavy (non-hydrogen) atoms. The summed E-state index contributed by atoms with van der Waals surface area (Å²) in [7, 11) is 0. The van der Waals surface area contributed by atoms with Crippen LogP contribution in [0, 0.1) is 5.82 Å². The van der Waals surface area contributed by atoms with Crippen LogP contribution < -0.4 is 5.56 Å². The van der Waals surface area contributed by atoms with E-state index in [1.807, 2.05) is 35.7 Å². The van der Waals surface area contributed by atoms with E-state index in [2.05, 4.69) is 9.97 Å². The van der Waals surface area contributed by atoms with Crippen LogP contribution in [0.4, 0.5) is 4.39 Å². The van der Waals surface area contributed by atoms with Crippen molar-refractivity contribution in [2.75, 3.05) is 0 Å². The summed E-state index contributed by atoms with van der Waals surface area (Å²) in [6.45, 7) is 0.247. The minimum atomic E-state index is -0.316. The third kappa shape index (κ3) is 3.25. The number of thiophene rings is 1. The van der Waals surface area contributed by atoms with E-state index in [1.165, 1.54) is 34.4 Å². The summed E-state index contributed by atoms with van der Waals surface area (Å²) in [5.41, 5.74) is 2.87. The summed E-state index contributed by atoms with van der Waals surface area (Å²) in [4.78, 5) is 22.7. The smallest absolute Gasteiger partial charge is 0.263 e. The molecule has 0 aliphatic carbocycles. The molecule has 7 heteroatoms. The van der Waals surface area contributed by atoms with Crippen molar-refractivity contribution in [3.05, 3.63) is 94.4 Å². The van der Waals surface area contributed by atoms with Gasteiger partial charge in [-0.2, -0.15) is 0 Å². The highest BCUT2D eigenvalue weighted by Crippen LogP contribution is 2.30. The molecule has 0 bridgehead atoms. The lowest BCUT2D eigenvalue weighted by molar-refractivity contribution is 0.571. The number of hydrogen-bond donors (Lipinski definition) is 0. The first kappa shape index (κ1) is 17.5. The van der Waals surface area contributed by atoms with E-state index in [4.69, 9.17) is 4.42 Å². The molecule has 5 nitrogen and oxygen atoms in total. The summed E-state index contributed by atoms with van der Waals surface area (Å²) >= 11 is 1.39. The molecule has 0 unspecified atom stereocenters. The highest BCUT2D eigenvalue weighted by Gasteiger charge is 2.15. The molecule has 0 atom stereocenters. The van der Waals surface area contributed by atoms with Crippen LogP contribution in [-0.2, 0) is 6.54 Å². The van der Waals surface area contributed by atoms with Crippen molar-refractivity contribution in [3.63, 3.8) is 0 Å². The normalized spacial score (nSPS) is 11.2. The van der Waals surface area contributed by atoms with Gasteiger partial charge in [0.1, 0.15) is 16.9 Å². The standard InChI is InChI=1S/C22H14FN3O2S/c23-16-8-6-14(7-9-16)18-12-29-21-19(18)22(27)26(13-24-21)10-17-11-28-20(25-17)15-4-2-1-3-5-15/h1-9,11-13H,10H2. The molecular formula is C22H14FN3O2S. The predicted molar refractivity (Wildman–Crippen MR) is 110 cm³/mol. The Bertz CT molecular complexity index is 1350. The fourth-order valence-electron chi connectivity index (χ4n) is 3.19. The van der Waals surface area contributed by atoms with Gasteiger partial charge >= 0.3 is 0 Å². The number of hydrogen-bond acceptors (Lipinski definition) is 5. The number of benzene rings is 2. The monoisotopic (exact) mass is 403 g/mol. The maximum Gasteiger partial charge on any atom is 0.263 e. The van der Waals surface area contributed by atoms with E-state index in [0.717, 1.165) is 16.7 Å². The molecule has 0 N–H and O–H groups in total. The molecule has 3 heterocycles. The Kier molecular flexibility index (Phi) is 4.29. The van der Waals surface area contributed by atoms with Crippen molar-refractivity contribution in [2.45, 2.75) is 6.54 Å². The first-order valence-electron chi connectivity index (χ1n) is 8.91. The summed E-state index contributed by atoms with van der Waals surface area (Å²) in [6.07, 6.45) is 3.07. The molecule has 3 aromatic heterocycles. The molecule has 0 saturated carbocycles. The second-order valence-corrected chi connectivity index (χ2v) is 7.38. The van der Waals surface area contributed by atoms with Crippen molar-refractivity contribution in [3.8, 4) is 22.6 Å². The molecule has 5 rings (SSSR count). The maximum absolute atomic E-state index is 13.3. The number of fused-ring (bicyclic) bond motifs is 1. The fraction of sp³-hybridized carbons (Fsp3) is 0.0455. The van der Waals surface area contributed by atoms with Crippen LogP contribution in [0.15, 0.2) is 81.8 Å². The van der Waals surface area contributed by atoms with Gasteiger partial charge in [0.25, 0.3) is 5.56 Å². The van der Waals surface area contributed by atoms with Crippen molar-refractivity contribution in [2.24, 2.45) is 0 Å². The zero-order valence-corrected chi connectivity index (χ0v) is 15.9. The van der Waals surface area contributed by atoms with E-state index in [-0.39, 0.29) is 17.9 Å². The molecular weight excluding hydrogens is 389 g/mol. The van der Waals surface area contributed by atoms with Crippen molar-refractivity contribution < 1.29 is 8.81 Å². The van der Waals surface area contributed by atoms with E-state index in [0.29, 0.717) is 21.8 Å². The lowest BCUT2D eigenvalue weighted by Gasteiger charge is -2.04. The molecule has 5 aromatic rings. The van der Waals surface area contributed by atoms with Crippen LogP contribution in [0.25, 0.3) is 32.8 Å². The van der Waals surface area contributed by atoms with Gasteiger partial charge in [-0.1, -0.05) is 30.3 Å². The van der Waals surface area contributed by atoms with Gasteiger partial charge < -0.3 is 4.42 Å². The van der Waals surface area contributed by atoms with Crippen LogP contribution in [0.3, 0.4) is 0 Å². The van der Waals surface area contributed by atoms with Gasteiger partial charge in [-0.05, 0) is 29.8 Å². The number of rotatable bonds is 4. The minimum Gasteiger partial charge on any atom is -0.444 e. The average molecular weight is 403 g/mol. The fourth-order valence-corrected chi connectivity index (χ4v) is 4.10. The van der Waals surface area contributed by atoms with Crippen LogP contribution in [0.2, 0.25) is 0 Å². The Morgan fingerprint density at radius 3 is 2.62 bits per heavy atom. The number of aromatic nitrogens is 3. The van der Waals surface area contributed by atoms with Gasteiger partial charge in [0.05, 0.1) is 24.0 Å². The lowest BCUT2D eigenvalue weighted by Crippen LogP contribution is -2.21. The quantitative estimate of drug-likeness (QED) is 0.425. The van der Waals surface area contributed by atoms with Crippen LogP contribution in [0.5, 0.6) is 0 Å². The van der Waals surface area contributed by atoms with E-state index < -0.39 is 0 Å². The van der Waals surface area contributed by atoms with Gasteiger partial charge in [-0.15, -0.1) is 11.3 Å². The average Bonchev–Trinajstić information content (AvgIpc) is 3.39. The summed E-state index contributed by atoms with van der Waals surface area (Å²) < 4.78 is 20.3. The van der Waals surface area contributed by atoms with Crippen molar-refractivity contribution >= 4 is 21.6 Å². The molecule has 0 fully saturated rings. The Morgan fingerprint density at radius 2 is 1.83 bits per heavy atom. The molecule has 0 saturated heterocycles. The first-order chi connectivity index (χ1) is 14.2. The lowest BCUT2D eigenvalue weighted by atomic mass is 10.1. The molecule has 0 radical (unpaired) electrons. The second kappa shape index (κ2) is 7.10. The molecule has 142 valence electrons. The number of oxazole rings is 1. The zero-order chi connectivity index (χ0) is 19.8. The van der Waals surface area contributed by atoms with Gasteiger partial charge in [0.2, 0.25) is 5.89 Å². The van der Waals surface area contributed by atoms with Gasteiger partial charge in [0, 0.05) is 16.5 Å². The van der Waals surface area contributed by atoms with Crippen LogP contribution in [0.1, 0.15) is 5.69 Å². The zero-order valence-electron chi connectivity index (χ0n) is 15.1. The Hall–Kier alpha value is -3.58. The Balaban J connectivity index is 1.52. The third-order valence-corrected chi connectivity index (χ3v) is 5.51. The summed E-state index contributed by atoms with van der Waals surface area (Å²) in [5.74, 6) is 0.189. The molecule has 2 aromatic carbocycles. The highest BCUT2D eigenvalue weighted by atomic mass is 32.1. The molecule has 0 aliphatic heterocycles. The number of halogens is 1. The van der Waals surface area contributed by atoms with Crippen LogP contribution >= 0.6 is 11.3 Å². The SMILES string of the molecule is O=c1c2c(-c3ccc(F)cc3)csc2ncn1Cc1coc(-c2ccccc2)n1. The maximum atomic E-state index is 13.3. The second-order valence-electron chi connectivity index (χ2n) is 6.52. The topological polar surface area (TPSA) is 60.9 Å². The molecule has 0 aliphatic rings. The summed E-state index contributed by atoms with van der Waals surface area (Å²) in [6, 6.07) is 15.7. The Labute approximate surface area is 168 Å². The van der Waals surface area contributed by atoms with Crippen molar-refractivity contribution in [1.29, 1.82) is 0 Å². The Morgan fingerprint density at radius 1 is 1.03 bits per heavy atom. The van der Waals surface area contributed by atoms with E-state index in [9.17, 15) is 9.18 Å². The van der Waals surface area contributed by atoms with E-state index in [1.54, 1.807) is 18.4 Å². The van der Waals surface area contributed by atoms with Gasteiger partial charge in [-0.3, -0.25) is 9.36 Å². The number of nitrogens with zero attached hydrogens (tertiary/aromatic N) is 3. The molecule has 0 spiro atoms.